The van der Waals surface area contributed by atoms with Crippen LogP contribution in [0.1, 0.15) is 48.9 Å². The monoisotopic (exact) mass is 289 g/mol. The van der Waals surface area contributed by atoms with Crippen molar-refractivity contribution in [2.75, 3.05) is 13.1 Å². The second-order valence-corrected chi connectivity index (χ2v) is 6.35. The number of Topliss-reactive ketones (excluding diaryl/α,β-unsaturated/α-hetero) is 1. The first kappa shape index (κ1) is 14.4. The molecule has 1 aromatic rings. The predicted molar refractivity (Wildman–Crippen MR) is 80.7 cm³/mol. The molecule has 4 nitrogen and oxygen atoms in total. The molecule has 1 heterocycles. The van der Waals surface area contributed by atoms with Crippen molar-refractivity contribution in [2.24, 2.45) is 5.92 Å². The molecule has 0 radical (unpaired) electrons. The Morgan fingerprint density at radius 3 is 2.62 bits per heavy atom. The molecule has 1 aliphatic heterocycles. The van der Waals surface area contributed by atoms with Crippen LogP contribution in [0.15, 0.2) is 18.2 Å². The second kappa shape index (κ2) is 6.06. The van der Waals surface area contributed by atoms with E-state index in [1.165, 1.54) is 50.3 Å². The Kier molecular flexibility index (Phi) is 4.15. The molecule has 1 saturated carbocycles. The van der Waals surface area contributed by atoms with Gasteiger partial charge in [0.15, 0.2) is 5.78 Å². The fourth-order valence-electron chi connectivity index (χ4n) is 3.95. The van der Waals surface area contributed by atoms with Crippen molar-refractivity contribution < 1.29 is 15.0 Å². The fraction of sp³-hybridized carbons (Fsp3) is 0.588. The summed E-state index contributed by atoms with van der Waals surface area (Å²) in [5.41, 5.74) is 0.310. The van der Waals surface area contributed by atoms with Gasteiger partial charge in [-0.25, -0.2) is 0 Å². The molecule has 1 unspecified atom stereocenters. The summed E-state index contributed by atoms with van der Waals surface area (Å²) >= 11 is 0. The van der Waals surface area contributed by atoms with Gasteiger partial charge in [0, 0.05) is 12.1 Å². The largest absolute Gasteiger partial charge is 0.508 e. The van der Waals surface area contributed by atoms with Gasteiger partial charge in [-0.2, -0.15) is 0 Å². The molecule has 0 amide bonds. The molecule has 3 rings (SSSR count). The Morgan fingerprint density at radius 1 is 1.14 bits per heavy atom. The van der Waals surface area contributed by atoms with Crippen LogP contribution in [-0.2, 0) is 0 Å². The molecule has 2 fully saturated rings. The third kappa shape index (κ3) is 3.05. The van der Waals surface area contributed by atoms with Crippen molar-refractivity contribution in [3.8, 4) is 11.5 Å². The van der Waals surface area contributed by atoms with E-state index in [4.69, 9.17) is 0 Å². The van der Waals surface area contributed by atoms with Gasteiger partial charge in [0.05, 0.1) is 12.1 Å². The molecule has 21 heavy (non-hydrogen) atoms. The highest BCUT2D eigenvalue weighted by molar-refractivity contribution is 6.00. The first-order valence-corrected chi connectivity index (χ1v) is 7.94. The van der Waals surface area contributed by atoms with Gasteiger partial charge in [0.2, 0.25) is 0 Å². The highest BCUT2D eigenvalue weighted by atomic mass is 16.3. The number of hydrogen-bond acceptors (Lipinski definition) is 4. The summed E-state index contributed by atoms with van der Waals surface area (Å²) in [6, 6.07) is 4.72. The fourth-order valence-corrected chi connectivity index (χ4v) is 3.95. The van der Waals surface area contributed by atoms with Crippen LogP contribution in [0.25, 0.3) is 0 Å². The lowest BCUT2D eigenvalue weighted by atomic mass is 9.95. The van der Waals surface area contributed by atoms with Gasteiger partial charge in [-0.15, -0.1) is 0 Å². The maximum atomic E-state index is 12.4. The van der Waals surface area contributed by atoms with E-state index >= 15 is 0 Å². The van der Waals surface area contributed by atoms with E-state index < -0.39 is 0 Å². The summed E-state index contributed by atoms with van der Waals surface area (Å²) in [6.45, 7) is 1.35. The summed E-state index contributed by atoms with van der Waals surface area (Å²) in [4.78, 5) is 14.7. The zero-order chi connectivity index (χ0) is 14.8. The molecule has 1 saturated heterocycles. The Balaban J connectivity index is 1.68. The van der Waals surface area contributed by atoms with Crippen LogP contribution in [0.2, 0.25) is 0 Å². The Morgan fingerprint density at radius 2 is 1.90 bits per heavy atom. The molecular weight excluding hydrogens is 266 g/mol. The molecule has 2 aliphatic rings. The molecule has 1 aliphatic carbocycles. The number of ketones is 1. The summed E-state index contributed by atoms with van der Waals surface area (Å²) in [7, 11) is 0. The number of rotatable bonds is 4. The number of phenols is 2. The van der Waals surface area contributed by atoms with Crippen molar-refractivity contribution in [2.45, 2.75) is 44.6 Å². The highest BCUT2D eigenvalue weighted by Crippen LogP contribution is 2.35. The minimum Gasteiger partial charge on any atom is -0.508 e. The number of likely N-dealkylation sites (tertiary alicyclic amines) is 1. The highest BCUT2D eigenvalue weighted by Gasteiger charge is 2.34. The van der Waals surface area contributed by atoms with Crippen LogP contribution in [0, 0.1) is 5.92 Å². The number of aromatic hydroxyl groups is 2. The van der Waals surface area contributed by atoms with Crippen molar-refractivity contribution in [3.05, 3.63) is 23.8 Å². The van der Waals surface area contributed by atoms with Gasteiger partial charge in [0.25, 0.3) is 0 Å². The van der Waals surface area contributed by atoms with Gasteiger partial charge in [-0.3, -0.25) is 9.69 Å². The Bertz CT molecular complexity index is 523. The number of hydrogen-bond donors (Lipinski definition) is 2. The molecule has 1 aromatic carbocycles. The number of phenolic OH excluding ortho intramolecular Hbond substituents is 2. The number of benzene rings is 1. The maximum Gasteiger partial charge on any atom is 0.180 e. The second-order valence-electron chi connectivity index (χ2n) is 6.35. The van der Waals surface area contributed by atoms with E-state index in [1.807, 2.05) is 0 Å². The minimum atomic E-state index is -0.128. The molecule has 0 aromatic heterocycles. The summed E-state index contributed by atoms with van der Waals surface area (Å²) in [6.07, 6.45) is 7.58. The van der Waals surface area contributed by atoms with Crippen LogP contribution >= 0.6 is 0 Å². The van der Waals surface area contributed by atoms with Gasteiger partial charge in [-0.05, 0) is 50.3 Å². The lowest BCUT2D eigenvalue weighted by Crippen LogP contribution is -2.38. The van der Waals surface area contributed by atoms with Crippen LogP contribution in [0.3, 0.4) is 0 Å². The van der Waals surface area contributed by atoms with E-state index in [9.17, 15) is 15.0 Å². The third-order valence-corrected chi connectivity index (χ3v) is 4.99. The SMILES string of the molecule is O=C(CN1CCCC1C1CCCC1)c1ccc(O)cc1O. The normalized spacial score (nSPS) is 23.7. The van der Waals surface area contributed by atoms with Crippen LogP contribution in [0.5, 0.6) is 11.5 Å². The van der Waals surface area contributed by atoms with Crippen LogP contribution in [-0.4, -0.2) is 40.0 Å². The van der Waals surface area contributed by atoms with Gasteiger partial charge >= 0.3 is 0 Å². The van der Waals surface area contributed by atoms with Crippen molar-refractivity contribution in [3.63, 3.8) is 0 Å². The topological polar surface area (TPSA) is 60.8 Å². The first-order valence-electron chi connectivity index (χ1n) is 7.94. The van der Waals surface area contributed by atoms with E-state index in [0.717, 1.165) is 18.9 Å². The predicted octanol–water partition coefficient (Wildman–Crippen LogP) is 2.94. The summed E-state index contributed by atoms with van der Waals surface area (Å²) in [5, 5.41) is 19.1. The van der Waals surface area contributed by atoms with E-state index in [-0.39, 0.29) is 17.3 Å². The lowest BCUT2D eigenvalue weighted by Gasteiger charge is -2.28. The van der Waals surface area contributed by atoms with Crippen molar-refractivity contribution in [1.29, 1.82) is 0 Å². The number of carbonyl (C=O) groups excluding carboxylic acids is 1. The van der Waals surface area contributed by atoms with Gasteiger partial charge in [0.1, 0.15) is 11.5 Å². The number of nitrogens with zero attached hydrogens (tertiary/aromatic N) is 1. The van der Waals surface area contributed by atoms with Crippen molar-refractivity contribution >= 4 is 5.78 Å². The van der Waals surface area contributed by atoms with E-state index in [1.54, 1.807) is 0 Å². The van der Waals surface area contributed by atoms with Gasteiger partial charge in [-0.1, -0.05) is 12.8 Å². The van der Waals surface area contributed by atoms with Crippen LogP contribution < -0.4 is 0 Å². The number of carbonyl (C=O) groups is 1. The quantitative estimate of drug-likeness (QED) is 0.837. The smallest absolute Gasteiger partial charge is 0.180 e. The minimum absolute atomic E-state index is 0.0194. The molecule has 2 N–H and O–H groups in total. The zero-order valence-electron chi connectivity index (χ0n) is 12.3. The third-order valence-electron chi connectivity index (χ3n) is 4.99. The zero-order valence-corrected chi connectivity index (χ0v) is 12.3. The molecular formula is C17H23NO3. The average molecular weight is 289 g/mol. The average Bonchev–Trinajstić information content (AvgIpc) is 3.08. The molecule has 0 spiro atoms. The summed E-state index contributed by atoms with van der Waals surface area (Å²) < 4.78 is 0. The molecule has 114 valence electrons. The van der Waals surface area contributed by atoms with Crippen molar-refractivity contribution in [1.82, 2.24) is 4.90 Å². The Hall–Kier alpha value is -1.55. The molecule has 4 heteroatoms. The maximum absolute atomic E-state index is 12.4. The van der Waals surface area contributed by atoms with E-state index in [0.29, 0.717) is 18.2 Å². The van der Waals surface area contributed by atoms with Crippen LogP contribution in [0.4, 0.5) is 0 Å². The van der Waals surface area contributed by atoms with E-state index in [2.05, 4.69) is 4.90 Å². The lowest BCUT2D eigenvalue weighted by molar-refractivity contribution is 0.0893. The standard InChI is InChI=1S/C17H23NO3/c19-13-7-8-14(16(20)10-13)17(21)11-18-9-3-6-15(18)12-4-1-2-5-12/h7-8,10,12,15,19-20H,1-6,9,11H2. The molecule has 0 bridgehead atoms. The first-order chi connectivity index (χ1) is 10.1. The Labute approximate surface area is 125 Å². The van der Waals surface area contributed by atoms with Gasteiger partial charge < -0.3 is 10.2 Å². The summed E-state index contributed by atoms with van der Waals surface area (Å²) in [5.74, 6) is 0.539. The molecule has 1 atom stereocenters.